The molecule has 1 fully saturated rings. The number of hydrogen-bond acceptors (Lipinski definition) is 4. The summed E-state index contributed by atoms with van der Waals surface area (Å²) in [5.74, 6) is -1.00. The van der Waals surface area contributed by atoms with Gasteiger partial charge in [-0.05, 0) is 18.4 Å². The lowest BCUT2D eigenvalue weighted by Crippen LogP contribution is -2.33. The first-order valence-corrected chi connectivity index (χ1v) is 8.50. The van der Waals surface area contributed by atoms with Gasteiger partial charge in [0.2, 0.25) is 5.91 Å². The summed E-state index contributed by atoms with van der Waals surface area (Å²) in [4.78, 5) is 11.7. The maximum absolute atomic E-state index is 11.9. The number of nitrogens with one attached hydrogen (secondary N) is 1. The average molecular weight is 297 g/mol. The molecular weight excluding hydrogens is 278 g/mol. The zero-order chi connectivity index (χ0) is 14.4. The first-order valence-electron chi connectivity index (χ1n) is 6.68. The molecule has 1 saturated heterocycles. The summed E-state index contributed by atoms with van der Waals surface area (Å²) in [6.45, 7) is 0.954. The van der Waals surface area contributed by atoms with Crippen molar-refractivity contribution in [3.8, 4) is 0 Å². The van der Waals surface area contributed by atoms with Crippen molar-refractivity contribution >= 4 is 15.7 Å². The average Bonchev–Trinajstić information content (AvgIpc) is 2.89. The van der Waals surface area contributed by atoms with E-state index < -0.39 is 21.5 Å². The topological polar surface area (TPSA) is 72.5 Å². The number of hydrogen-bond donors (Lipinski definition) is 1. The van der Waals surface area contributed by atoms with Gasteiger partial charge in [0, 0.05) is 13.2 Å². The predicted octanol–water partition coefficient (Wildman–Crippen LogP) is 0.897. The molecule has 2 rings (SSSR count). The van der Waals surface area contributed by atoms with Crippen LogP contribution in [0, 0.1) is 0 Å². The molecular formula is C14H19NO4S. The van der Waals surface area contributed by atoms with Gasteiger partial charge in [0.25, 0.3) is 0 Å². The Morgan fingerprint density at radius 3 is 2.70 bits per heavy atom. The van der Waals surface area contributed by atoms with Crippen LogP contribution in [0.4, 0.5) is 0 Å². The summed E-state index contributed by atoms with van der Waals surface area (Å²) < 4.78 is 29.0. The molecule has 1 amide bonds. The molecule has 0 radical (unpaired) electrons. The van der Waals surface area contributed by atoms with E-state index in [0.29, 0.717) is 13.2 Å². The first kappa shape index (κ1) is 15.0. The van der Waals surface area contributed by atoms with Crippen LogP contribution < -0.4 is 5.32 Å². The first-order chi connectivity index (χ1) is 9.55. The summed E-state index contributed by atoms with van der Waals surface area (Å²) in [6.07, 6.45) is 1.40. The summed E-state index contributed by atoms with van der Waals surface area (Å²) >= 11 is 0. The van der Waals surface area contributed by atoms with E-state index in [0.717, 1.165) is 18.4 Å². The monoisotopic (exact) mass is 297 g/mol. The van der Waals surface area contributed by atoms with Crippen LogP contribution in [0.3, 0.4) is 0 Å². The van der Waals surface area contributed by atoms with Crippen molar-refractivity contribution in [2.24, 2.45) is 0 Å². The Bertz CT molecular complexity index is 536. The third kappa shape index (κ3) is 4.94. The quantitative estimate of drug-likeness (QED) is 0.846. The molecule has 0 aliphatic carbocycles. The van der Waals surface area contributed by atoms with Crippen LogP contribution in [0.1, 0.15) is 18.4 Å². The van der Waals surface area contributed by atoms with Crippen molar-refractivity contribution in [1.82, 2.24) is 5.32 Å². The van der Waals surface area contributed by atoms with Crippen LogP contribution in [0.25, 0.3) is 0 Å². The van der Waals surface area contributed by atoms with Crippen molar-refractivity contribution in [2.75, 3.05) is 18.1 Å². The summed E-state index contributed by atoms with van der Waals surface area (Å²) in [5, 5.41) is 2.62. The molecule has 1 heterocycles. The van der Waals surface area contributed by atoms with E-state index in [1.807, 2.05) is 30.3 Å². The van der Waals surface area contributed by atoms with Gasteiger partial charge in [-0.3, -0.25) is 4.79 Å². The van der Waals surface area contributed by atoms with Gasteiger partial charge in [-0.25, -0.2) is 8.42 Å². The van der Waals surface area contributed by atoms with Crippen LogP contribution in [-0.4, -0.2) is 38.5 Å². The Kier molecular flexibility index (Phi) is 5.14. The molecule has 1 aliphatic heterocycles. The molecule has 1 atom stereocenters. The summed E-state index contributed by atoms with van der Waals surface area (Å²) in [7, 11) is -3.41. The number of carbonyl (C=O) groups excluding carboxylic acids is 1. The minimum Gasteiger partial charge on any atom is -0.377 e. The smallest absolute Gasteiger partial charge is 0.235 e. The molecule has 0 saturated carbocycles. The highest BCUT2D eigenvalue weighted by Crippen LogP contribution is 2.14. The minimum absolute atomic E-state index is 0.0637. The fourth-order valence-corrected chi connectivity index (χ4v) is 3.61. The van der Waals surface area contributed by atoms with E-state index in [1.54, 1.807) is 0 Å². The molecule has 1 aliphatic rings. The second kappa shape index (κ2) is 6.85. The van der Waals surface area contributed by atoms with Gasteiger partial charge in [-0.1, -0.05) is 30.3 Å². The van der Waals surface area contributed by atoms with E-state index >= 15 is 0 Å². The number of ether oxygens (including phenoxy) is 1. The van der Waals surface area contributed by atoms with Gasteiger partial charge in [0.05, 0.1) is 11.9 Å². The van der Waals surface area contributed by atoms with Gasteiger partial charge in [-0.2, -0.15) is 0 Å². The van der Waals surface area contributed by atoms with Crippen molar-refractivity contribution < 1.29 is 17.9 Å². The van der Waals surface area contributed by atoms with E-state index in [9.17, 15) is 13.2 Å². The van der Waals surface area contributed by atoms with Crippen molar-refractivity contribution in [1.29, 1.82) is 0 Å². The molecule has 1 N–H and O–H groups in total. The molecule has 1 aromatic carbocycles. The number of amides is 1. The molecule has 0 spiro atoms. The Morgan fingerprint density at radius 1 is 1.30 bits per heavy atom. The molecule has 1 aromatic rings. The standard InChI is InChI=1S/C14H19NO4S/c16-14(15-9-12-5-2-1-3-6-12)11-20(17,18)10-13-7-4-8-19-13/h1-3,5-6,13H,4,7-11H2,(H,15,16)/t13-/m0/s1. The van der Waals surface area contributed by atoms with Crippen LogP contribution in [0.5, 0.6) is 0 Å². The van der Waals surface area contributed by atoms with Gasteiger partial charge >= 0.3 is 0 Å². The molecule has 110 valence electrons. The number of benzene rings is 1. The van der Waals surface area contributed by atoms with Crippen molar-refractivity contribution in [3.05, 3.63) is 35.9 Å². The van der Waals surface area contributed by atoms with Gasteiger partial charge in [0.1, 0.15) is 5.75 Å². The van der Waals surface area contributed by atoms with Crippen LogP contribution in [-0.2, 0) is 25.9 Å². The number of sulfone groups is 1. The van der Waals surface area contributed by atoms with E-state index in [4.69, 9.17) is 4.74 Å². The molecule has 6 heteroatoms. The normalized spacial score (nSPS) is 18.9. The third-order valence-electron chi connectivity index (χ3n) is 3.15. The van der Waals surface area contributed by atoms with E-state index in [-0.39, 0.29) is 11.9 Å². The molecule has 0 bridgehead atoms. The molecule has 0 unspecified atom stereocenters. The van der Waals surface area contributed by atoms with Crippen molar-refractivity contribution in [3.63, 3.8) is 0 Å². The second-order valence-corrected chi connectivity index (χ2v) is 7.06. The fraction of sp³-hybridized carbons (Fsp3) is 0.500. The van der Waals surface area contributed by atoms with Crippen LogP contribution in [0.2, 0.25) is 0 Å². The minimum atomic E-state index is -3.41. The van der Waals surface area contributed by atoms with Gasteiger partial charge in [-0.15, -0.1) is 0 Å². The highest BCUT2D eigenvalue weighted by atomic mass is 32.2. The third-order valence-corrected chi connectivity index (χ3v) is 4.73. The number of carbonyl (C=O) groups is 1. The molecule has 5 nitrogen and oxygen atoms in total. The highest BCUT2D eigenvalue weighted by Gasteiger charge is 2.25. The van der Waals surface area contributed by atoms with Gasteiger partial charge < -0.3 is 10.1 Å². The SMILES string of the molecule is O=C(CS(=O)(=O)C[C@@H]1CCCO1)NCc1ccccc1. The molecule has 20 heavy (non-hydrogen) atoms. The highest BCUT2D eigenvalue weighted by molar-refractivity contribution is 7.92. The predicted molar refractivity (Wildman–Crippen MR) is 75.9 cm³/mol. The van der Waals surface area contributed by atoms with Gasteiger partial charge in [0.15, 0.2) is 9.84 Å². The maximum Gasteiger partial charge on any atom is 0.235 e. The number of rotatable bonds is 6. The van der Waals surface area contributed by atoms with Crippen molar-refractivity contribution in [2.45, 2.75) is 25.5 Å². The molecule has 0 aromatic heterocycles. The Labute approximate surface area is 119 Å². The Hall–Kier alpha value is -1.40. The summed E-state index contributed by atoms with van der Waals surface area (Å²) in [5.41, 5.74) is 0.942. The Balaban J connectivity index is 1.78. The lowest BCUT2D eigenvalue weighted by Gasteiger charge is -2.10. The van der Waals surface area contributed by atoms with E-state index in [1.165, 1.54) is 0 Å². The summed E-state index contributed by atoms with van der Waals surface area (Å²) in [6, 6.07) is 9.38. The zero-order valence-corrected chi connectivity index (χ0v) is 12.1. The Morgan fingerprint density at radius 2 is 2.05 bits per heavy atom. The van der Waals surface area contributed by atoms with Crippen LogP contribution in [0.15, 0.2) is 30.3 Å². The maximum atomic E-state index is 11.9. The lowest BCUT2D eigenvalue weighted by atomic mass is 10.2. The van der Waals surface area contributed by atoms with Crippen LogP contribution >= 0.6 is 0 Å². The largest absolute Gasteiger partial charge is 0.377 e. The fourth-order valence-electron chi connectivity index (χ4n) is 2.17. The second-order valence-electron chi connectivity index (χ2n) is 4.95. The van der Waals surface area contributed by atoms with E-state index in [2.05, 4.69) is 5.32 Å². The lowest BCUT2D eigenvalue weighted by molar-refractivity contribution is -0.118. The zero-order valence-electron chi connectivity index (χ0n) is 11.2.